The highest BCUT2D eigenvalue weighted by Crippen LogP contribution is 2.04. The minimum Gasteiger partial charge on any atom is -0.481 e. The van der Waals surface area contributed by atoms with Gasteiger partial charge in [0, 0.05) is 24.1 Å². The Morgan fingerprint density at radius 3 is 2.21 bits per heavy atom. The molecule has 0 radical (unpaired) electrons. The number of carboxylic acid groups (broad SMARTS) is 2. The Balaban J connectivity index is 2.93. The average molecular weight is 505 g/mol. The molecule has 0 fully saturated rings. The number of thioether (sulfide) groups is 1. The second kappa shape index (κ2) is 14.4. The maximum absolute atomic E-state index is 12.8. The van der Waals surface area contributed by atoms with Gasteiger partial charge >= 0.3 is 11.9 Å². The number of nitrogens with one attached hydrogen (secondary N) is 4. The predicted molar refractivity (Wildman–Crippen MR) is 123 cm³/mol. The summed E-state index contributed by atoms with van der Waals surface area (Å²) in [5.41, 5.74) is 6.26. The van der Waals surface area contributed by atoms with Crippen LogP contribution >= 0.6 is 24.4 Å². The van der Waals surface area contributed by atoms with Crippen molar-refractivity contribution in [1.82, 2.24) is 25.9 Å². The van der Waals surface area contributed by atoms with Gasteiger partial charge in [0.1, 0.15) is 18.1 Å². The van der Waals surface area contributed by atoms with Crippen molar-refractivity contribution in [2.24, 2.45) is 5.73 Å². The molecule has 1 rings (SSSR count). The van der Waals surface area contributed by atoms with Crippen LogP contribution in [0.25, 0.3) is 0 Å². The van der Waals surface area contributed by atoms with E-state index in [1.165, 1.54) is 24.3 Å². The quantitative estimate of drug-likeness (QED) is 0.123. The van der Waals surface area contributed by atoms with E-state index in [0.717, 1.165) is 0 Å². The first-order valence-corrected chi connectivity index (χ1v) is 11.8. The number of nitrogens with two attached hydrogens (primary N) is 1. The summed E-state index contributed by atoms with van der Waals surface area (Å²) in [5.74, 6) is -4.64. The number of rotatable bonds is 15. The molecule has 0 bridgehead atoms. The third-order valence-electron chi connectivity index (χ3n) is 4.39. The fraction of sp³-hybridized carbons (Fsp3) is 0.556. The van der Waals surface area contributed by atoms with Gasteiger partial charge in [-0.1, -0.05) is 0 Å². The second-order valence-electron chi connectivity index (χ2n) is 6.97. The summed E-state index contributed by atoms with van der Waals surface area (Å²) in [4.78, 5) is 66.5. The number of nitrogens with zero attached hydrogens (tertiary/aromatic N) is 1. The number of aromatic amines is 1. The summed E-state index contributed by atoms with van der Waals surface area (Å²) in [7, 11) is 0. The molecule has 33 heavy (non-hydrogen) atoms. The summed E-state index contributed by atoms with van der Waals surface area (Å²) in [5, 5.41) is 25.1. The fourth-order valence-corrected chi connectivity index (χ4v) is 3.34. The van der Waals surface area contributed by atoms with Gasteiger partial charge in [-0.05, 0) is 18.4 Å². The lowest BCUT2D eigenvalue weighted by Gasteiger charge is -2.24. The van der Waals surface area contributed by atoms with E-state index in [1.54, 1.807) is 0 Å². The van der Waals surface area contributed by atoms with Crippen molar-refractivity contribution in [3.05, 3.63) is 18.2 Å². The van der Waals surface area contributed by atoms with Crippen LogP contribution in [0, 0.1) is 0 Å². The lowest BCUT2D eigenvalue weighted by Crippen LogP contribution is -2.58. The van der Waals surface area contributed by atoms with Crippen molar-refractivity contribution in [1.29, 1.82) is 0 Å². The molecule has 0 aliphatic heterocycles. The van der Waals surface area contributed by atoms with E-state index < -0.39 is 60.2 Å². The van der Waals surface area contributed by atoms with Gasteiger partial charge in [0.05, 0.1) is 18.8 Å². The molecule has 0 spiro atoms. The SMILES string of the molecule is CSCCC(N)C(=O)NC(CS)C(=O)NC(Cc1cnc[nH]1)C(=O)NC(CC(=O)O)C(=O)O. The van der Waals surface area contributed by atoms with E-state index in [1.807, 2.05) is 6.26 Å². The molecule has 8 N–H and O–H groups in total. The molecular formula is C18H28N6O7S2. The minimum atomic E-state index is -1.70. The first-order valence-electron chi connectivity index (χ1n) is 9.77. The Morgan fingerprint density at radius 2 is 1.70 bits per heavy atom. The van der Waals surface area contributed by atoms with Gasteiger partial charge < -0.3 is 36.9 Å². The van der Waals surface area contributed by atoms with Crippen molar-refractivity contribution in [3.63, 3.8) is 0 Å². The topological polar surface area (TPSA) is 217 Å². The summed E-state index contributed by atoms with van der Waals surface area (Å²) in [6, 6.07) is -4.94. The van der Waals surface area contributed by atoms with Crippen molar-refractivity contribution >= 4 is 54.1 Å². The smallest absolute Gasteiger partial charge is 0.326 e. The van der Waals surface area contributed by atoms with Crippen molar-refractivity contribution in [2.45, 2.75) is 43.4 Å². The van der Waals surface area contributed by atoms with Gasteiger partial charge in [-0.2, -0.15) is 24.4 Å². The van der Waals surface area contributed by atoms with Crippen molar-refractivity contribution in [2.75, 3.05) is 17.8 Å². The number of imidazole rings is 1. The molecule has 0 aliphatic rings. The van der Waals surface area contributed by atoms with Crippen molar-refractivity contribution in [3.8, 4) is 0 Å². The molecule has 4 unspecified atom stereocenters. The zero-order valence-electron chi connectivity index (χ0n) is 17.8. The minimum absolute atomic E-state index is 0.0953. The monoisotopic (exact) mass is 504 g/mol. The second-order valence-corrected chi connectivity index (χ2v) is 8.32. The number of aromatic nitrogens is 2. The lowest BCUT2D eigenvalue weighted by atomic mass is 10.1. The van der Waals surface area contributed by atoms with Gasteiger partial charge in [-0.25, -0.2) is 9.78 Å². The fourth-order valence-electron chi connectivity index (χ4n) is 2.59. The Labute approximate surface area is 199 Å². The molecule has 1 aromatic heterocycles. The van der Waals surface area contributed by atoms with Crippen LogP contribution in [0.3, 0.4) is 0 Å². The number of carboxylic acids is 2. The number of hydrogen-bond acceptors (Lipinski definition) is 9. The molecule has 0 saturated heterocycles. The summed E-state index contributed by atoms with van der Waals surface area (Å²) < 4.78 is 0. The van der Waals surface area contributed by atoms with Gasteiger partial charge in [-0.3, -0.25) is 19.2 Å². The van der Waals surface area contributed by atoms with Crippen LogP contribution in [0.2, 0.25) is 0 Å². The van der Waals surface area contributed by atoms with Gasteiger partial charge in [0.25, 0.3) is 0 Å². The normalized spacial score (nSPS) is 14.4. The molecule has 0 aromatic carbocycles. The number of carbonyl (C=O) groups is 5. The zero-order chi connectivity index (χ0) is 25.0. The van der Waals surface area contributed by atoms with E-state index in [-0.39, 0.29) is 12.2 Å². The molecule has 184 valence electrons. The molecule has 1 heterocycles. The van der Waals surface area contributed by atoms with Crippen LogP contribution in [0.15, 0.2) is 12.5 Å². The summed E-state index contributed by atoms with van der Waals surface area (Å²) >= 11 is 5.59. The zero-order valence-corrected chi connectivity index (χ0v) is 19.5. The number of aliphatic carboxylic acids is 2. The number of H-pyrrole nitrogens is 1. The Bertz CT molecular complexity index is 823. The van der Waals surface area contributed by atoms with E-state index in [9.17, 15) is 29.1 Å². The van der Waals surface area contributed by atoms with Crippen LogP contribution < -0.4 is 21.7 Å². The maximum Gasteiger partial charge on any atom is 0.326 e. The lowest BCUT2D eigenvalue weighted by molar-refractivity contribution is -0.147. The standard InChI is InChI=1S/C18H28N6O7S2/c1-33-3-2-10(19)15(27)24-13(7-32)17(29)22-11(4-9-6-20-8-21-9)16(28)23-12(18(30)31)5-14(25)26/h6,8,10-13,32H,2-5,7,19H2,1H3,(H,20,21)(H,22,29)(H,23,28)(H,24,27)(H,25,26)(H,30,31). The van der Waals surface area contributed by atoms with Gasteiger partial charge in [-0.15, -0.1) is 0 Å². The third-order valence-corrected chi connectivity index (χ3v) is 5.40. The van der Waals surface area contributed by atoms with Crippen LogP contribution in [-0.2, 0) is 30.4 Å². The third kappa shape index (κ3) is 10.1. The van der Waals surface area contributed by atoms with E-state index in [2.05, 4.69) is 38.5 Å². The maximum atomic E-state index is 12.8. The van der Waals surface area contributed by atoms with Gasteiger partial charge in [0.2, 0.25) is 17.7 Å². The molecule has 15 heteroatoms. The predicted octanol–water partition coefficient (Wildman–Crippen LogP) is -2.02. The van der Waals surface area contributed by atoms with E-state index in [4.69, 9.17) is 10.8 Å². The number of hydrogen-bond donors (Lipinski definition) is 8. The van der Waals surface area contributed by atoms with Crippen LogP contribution in [0.1, 0.15) is 18.5 Å². The first-order chi connectivity index (χ1) is 15.6. The van der Waals surface area contributed by atoms with E-state index >= 15 is 0 Å². The Morgan fingerprint density at radius 1 is 1.09 bits per heavy atom. The molecule has 13 nitrogen and oxygen atoms in total. The summed E-state index contributed by atoms with van der Waals surface area (Å²) in [6.45, 7) is 0. The Hall–Kier alpha value is -2.78. The molecule has 3 amide bonds. The average Bonchev–Trinajstić information content (AvgIpc) is 3.27. The van der Waals surface area contributed by atoms with Crippen LogP contribution in [0.4, 0.5) is 0 Å². The largest absolute Gasteiger partial charge is 0.481 e. The van der Waals surface area contributed by atoms with Gasteiger partial charge in [0.15, 0.2) is 0 Å². The highest BCUT2D eigenvalue weighted by molar-refractivity contribution is 7.98. The molecule has 4 atom stereocenters. The molecular weight excluding hydrogens is 476 g/mol. The first kappa shape index (κ1) is 28.3. The van der Waals surface area contributed by atoms with Crippen LogP contribution in [-0.4, -0.2) is 91.8 Å². The molecule has 1 aromatic rings. The number of carbonyl (C=O) groups excluding carboxylic acids is 3. The molecule has 0 aliphatic carbocycles. The highest BCUT2D eigenvalue weighted by Gasteiger charge is 2.31. The molecule has 0 saturated carbocycles. The summed E-state index contributed by atoms with van der Waals surface area (Å²) in [6.07, 6.45) is 4.07. The number of thiol groups is 1. The Kier molecular flexibility index (Phi) is 12.3. The van der Waals surface area contributed by atoms with Crippen molar-refractivity contribution < 1.29 is 34.2 Å². The van der Waals surface area contributed by atoms with E-state index in [0.29, 0.717) is 17.9 Å². The van der Waals surface area contributed by atoms with Crippen LogP contribution in [0.5, 0.6) is 0 Å². The highest BCUT2D eigenvalue weighted by atomic mass is 32.2. The number of amides is 3.